The summed E-state index contributed by atoms with van der Waals surface area (Å²) < 4.78 is 0. The van der Waals surface area contributed by atoms with Gasteiger partial charge in [0.2, 0.25) is 0 Å². The second-order valence-corrected chi connectivity index (χ2v) is 6.10. The maximum atomic E-state index is 12.4. The Kier molecular flexibility index (Phi) is 6.02. The van der Waals surface area contributed by atoms with Crippen LogP contribution in [0, 0.1) is 5.92 Å². The third-order valence-electron chi connectivity index (χ3n) is 3.55. The van der Waals surface area contributed by atoms with Crippen molar-refractivity contribution in [3.8, 4) is 0 Å². The molecule has 1 aromatic carbocycles. The van der Waals surface area contributed by atoms with Crippen molar-refractivity contribution in [2.45, 2.75) is 46.2 Å². The average molecular weight is 282 g/mol. The minimum atomic E-state index is -0.0684. The predicted molar refractivity (Wildman–Crippen MR) is 81.7 cm³/mol. The zero-order valence-corrected chi connectivity index (χ0v) is 13.2. The number of hydrogen-bond donors (Lipinski definition) is 0. The quantitative estimate of drug-likeness (QED) is 0.790. The van der Waals surface area contributed by atoms with Crippen LogP contribution in [0.2, 0.25) is 5.02 Å². The van der Waals surface area contributed by atoms with Crippen molar-refractivity contribution in [2.24, 2.45) is 5.92 Å². The number of halogens is 1. The van der Waals surface area contributed by atoms with Crippen LogP contribution in [0.4, 0.5) is 0 Å². The fourth-order valence-electron chi connectivity index (χ4n) is 2.03. The predicted octanol–water partition coefficient (Wildman–Crippen LogP) is 3.82. The lowest BCUT2D eigenvalue weighted by Gasteiger charge is -2.31. The first-order valence-corrected chi connectivity index (χ1v) is 7.20. The second-order valence-electron chi connectivity index (χ2n) is 5.66. The van der Waals surface area contributed by atoms with E-state index in [1.165, 1.54) is 0 Å². The van der Waals surface area contributed by atoms with Crippen LogP contribution in [0.15, 0.2) is 24.3 Å². The molecule has 1 aromatic rings. The number of carbonyl (C=O) groups excluding carboxylic acids is 1. The monoisotopic (exact) mass is 281 g/mol. The summed E-state index contributed by atoms with van der Waals surface area (Å²) in [6, 6.07) is 8.03. The SMILES string of the molecule is CC(C)C(=O)[C@@H](Cc1ccc(Cl)cc1)N(C)C(C)C. The van der Waals surface area contributed by atoms with Crippen molar-refractivity contribution < 1.29 is 4.79 Å². The third-order valence-corrected chi connectivity index (χ3v) is 3.80. The highest BCUT2D eigenvalue weighted by molar-refractivity contribution is 6.30. The highest BCUT2D eigenvalue weighted by Gasteiger charge is 2.26. The molecule has 0 saturated heterocycles. The smallest absolute Gasteiger partial charge is 0.152 e. The molecule has 0 aliphatic carbocycles. The molecule has 0 fully saturated rings. The minimum Gasteiger partial charge on any atom is -0.298 e. The van der Waals surface area contributed by atoms with Gasteiger partial charge in [-0.2, -0.15) is 0 Å². The minimum absolute atomic E-state index is 0.0542. The van der Waals surface area contributed by atoms with E-state index in [0.29, 0.717) is 11.8 Å². The third kappa shape index (κ3) is 4.63. The Morgan fingerprint density at radius 1 is 1.16 bits per heavy atom. The van der Waals surface area contributed by atoms with E-state index in [0.717, 1.165) is 17.0 Å². The normalized spacial score (nSPS) is 13.3. The van der Waals surface area contributed by atoms with Crippen LogP contribution in [-0.4, -0.2) is 29.8 Å². The molecule has 1 atom stereocenters. The van der Waals surface area contributed by atoms with Gasteiger partial charge in [0, 0.05) is 17.0 Å². The maximum absolute atomic E-state index is 12.4. The van der Waals surface area contributed by atoms with E-state index >= 15 is 0 Å². The molecule has 1 rings (SSSR count). The fourth-order valence-corrected chi connectivity index (χ4v) is 2.16. The van der Waals surface area contributed by atoms with Crippen molar-refractivity contribution in [3.05, 3.63) is 34.9 Å². The first-order chi connectivity index (χ1) is 8.82. The number of Topliss-reactive ketones (excluding diaryl/α,β-unsaturated/α-hetero) is 1. The van der Waals surface area contributed by atoms with Crippen molar-refractivity contribution in [2.75, 3.05) is 7.05 Å². The summed E-state index contributed by atoms with van der Waals surface area (Å²) in [5.41, 5.74) is 1.15. The van der Waals surface area contributed by atoms with Gasteiger partial charge in [0.25, 0.3) is 0 Å². The van der Waals surface area contributed by atoms with Crippen molar-refractivity contribution >= 4 is 17.4 Å². The van der Waals surface area contributed by atoms with Crippen LogP contribution >= 0.6 is 11.6 Å². The first kappa shape index (κ1) is 16.2. The van der Waals surface area contributed by atoms with Gasteiger partial charge in [-0.3, -0.25) is 9.69 Å². The topological polar surface area (TPSA) is 20.3 Å². The Bertz CT molecular complexity index is 411. The molecule has 0 aliphatic rings. The van der Waals surface area contributed by atoms with Gasteiger partial charge in [-0.05, 0) is 45.0 Å². The summed E-state index contributed by atoms with van der Waals surface area (Å²) in [6.07, 6.45) is 0.739. The number of carbonyl (C=O) groups is 1. The Labute approximate surface area is 121 Å². The summed E-state index contributed by atoms with van der Waals surface area (Å²) in [5.74, 6) is 0.352. The van der Waals surface area contributed by atoms with Crippen molar-refractivity contribution in [3.63, 3.8) is 0 Å². The Hall–Kier alpha value is -0.860. The number of rotatable bonds is 6. The van der Waals surface area contributed by atoms with Crippen molar-refractivity contribution in [1.82, 2.24) is 4.90 Å². The number of nitrogens with zero attached hydrogens (tertiary/aromatic N) is 1. The van der Waals surface area contributed by atoms with Gasteiger partial charge in [0.15, 0.2) is 5.78 Å². The number of hydrogen-bond acceptors (Lipinski definition) is 2. The summed E-state index contributed by atoms with van der Waals surface area (Å²) in [6.45, 7) is 8.15. The van der Waals surface area contributed by atoms with E-state index in [2.05, 4.69) is 18.7 Å². The van der Waals surface area contributed by atoms with Gasteiger partial charge in [-0.15, -0.1) is 0 Å². The molecule has 0 N–H and O–H groups in total. The standard InChI is InChI=1S/C16H24ClNO/c1-11(2)16(19)15(18(5)12(3)4)10-13-6-8-14(17)9-7-13/h6-9,11-12,15H,10H2,1-5H3/t15-/m1/s1. The van der Waals surface area contributed by atoms with Gasteiger partial charge in [0.05, 0.1) is 6.04 Å². The molecule has 19 heavy (non-hydrogen) atoms. The van der Waals surface area contributed by atoms with Gasteiger partial charge < -0.3 is 0 Å². The number of likely N-dealkylation sites (N-methyl/N-ethyl adjacent to an activating group) is 1. The molecule has 0 aliphatic heterocycles. The second kappa shape index (κ2) is 7.06. The van der Waals surface area contributed by atoms with Crippen LogP contribution in [0.5, 0.6) is 0 Å². The largest absolute Gasteiger partial charge is 0.298 e. The van der Waals surface area contributed by atoms with Crippen LogP contribution in [0.3, 0.4) is 0 Å². The Morgan fingerprint density at radius 3 is 2.11 bits per heavy atom. The molecular weight excluding hydrogens is 258 g/mol. The van der Waals surface area contributed by atoms with Gasteiger partial charge >= 0.3 is 0 Å². The van der Waals surface area contributed by atoms with E-state index in [1.54, 1.807) is 0 Å². The molecule has 0 spiro atoms. The summed E-state index contributed by atoms with van der Waals surface area (Å²) in [5, 5.41) is 0.729. The molecular formula is C16H24ClNO. The van der Waals surface area contributed by atoms with Crippen molar-refractivity contribution in [1.29, 1.82) is 0 Å². The molecule has 3 heteroatoms. The van der Waals surface area contributed by atoms with E-state index in [9.17, 15) is 4.79 Å². The molecule has 0 bridgehead atoms. The van der Waals surface area contributed by atoms with Crippen LogP contribution in [0.1, 0.15) is 33.3 Å². The molecule has 0 heterocycles. The molecule has 106 valence electrons. The molecule has 0 amide bonds. The zero-order valence-electron chi connectivity index (χ0n) is 12.5. The number of benzene rings is 1. The Morgan fingerprint density at radius 2 is 1.68 bits per heavy atom. The maximum Gasteiger partial charge on any atom is 0.152 e. The average Bonchev–Trinajstić information content (AvgIpc) is 2.36. The molecule has 0 saturated carbocycles. The van der Waals surface area contributed by atoms with Gasteiger partial charge in [-0.25, -0.2) is 0 Å². The van der Waals surface area contributed by atoms with Crippen LogP contribution in [0.25, 0.3) is 0 Å². The number of ketones is 1. The first-order valence-electron chi connectivity index (χ1n) is 6.83. The molecule has 0 aromatic heterocycles. The van der Waals surface area contributed by atoms with E-state index < -0.39 is 0 Å². The van der Waals surface area contributed by atoms with E-state index in [-0.39, 0.29) is 12.0 Å². The summed E-state index contributed by atoms with van der Waals surface area (Å²) in [4.78, 5) is 14.5. The van der Waals surface area contributed by atoms with Gasteiger partial charge in [0.1, 0.15) is 0 Å². The molecule has 0 radical (unpaired) electrons. The van der Waals surface area contributed by atoms with E-state index in [1.807, 2.05) is 45.2 Å². The summed E-state index contributed by atoms with van der Waals surface area (Å²) >= 11 is 5.90. The molecule has 2 nitrogen and oxygen atoms in total. The lowest BCUT2D eigenvalue weighted by Crippen LogP contribution is -2.45. The lowest BCUT2D eigenvalue weighted by molar-refractivity contribution is -0.127. The van der Waals surface area contributed by atoms with E-state index in [4.69, 9.17) is 11.6 Å². The van der Waals surface area contributed by atoms with Crippen LogP contribution < -0.4 is 0 Å². The fraction of sp³-hybridized carbons (Fsp3) is 0.562. The molecule has 0 unspecified atom stereocenters. The highest BCUT2D eigenvalue weighted by Crippen LogP contribution is 2.17. The Balaban J connectivity index is 2.91. The van der Waals surface area contributed by atoms with Crippen LogP contribution in [-0.2, 0) is 11.2 Å². The summed E-state index contributed by atoms with van der Waals surface area (Å²) in [7, 11) is 2.02. The lowest BCUT2D eigenvalue weighted by atomic mass is 9.94. The highest BCUT2D eigenvalue weighted by atomic mass is 35.5. The zero-order chi connectivity index (χ0) is 14.6. The van der Waals surface area contributed by atoms with Gasteiger partial charge in [-0.1, -0.05) is 37.6 Å².